The van der Waals surface area contributed by atoms with E-state index in [2.05, 4.69) is 15.5 Å². The van der Waals surface area contributed by atoms with Gasteiger partial charge in [-0.05, 0) is 44.0 Å². The molecule has 1 saturated carbocycles. The van der Waals surface area contributed by atoms with Crippen LogP contribution in [0.5, 0.6) is 0 Å². The summed E-state index contributed by atoms with van der Waals surface area (Å²) in [4.78, 5) is 11.6. The van der Waals surface area contributed by atoms with Gasteiger partial charge in [0, 0.05) is 28.1 Å². The molecule has 170 valence electrons. The molecular weight excluding hydrogens is 435 g/mol. The van der Waals surface area contributed by atoms with E-state index in [4.69, 9.17) is 4.42 Å². The number of aryl methyl sites for hydroxylation is 1. The van der Waals surface area contributed by atoms with Crippen LogP contribution in [0.1, 0.15) is 52.4 Å². The third-order valence-electron chi connectivity index (χ3n) is 6.16. The van der Waals surface area contributed by atoms with Crippen molar-refractivity contribution in [2.24, 2.45) is 5.92 Å². The predicted molar refractivity (Wildman–Crippen MR) is 116 cm³/mol. The zero-order valence-corrected chi connectivity index (χ0v) is 17.8. The van der Waals surface area contributed by atoms with Crippen LogP contribution in [-0.2, 0) is 0 Å². The summed E-state index contributed by atoms with van der Waals surface area (Å²) >= 11 is 0. The van der Waals surface area contributed by atoms with Crippen molar-refractivity contribution >= 4 is 33.7 Å². The molecule has 0 saturated heterocycles. The standard InChI is InChI=1S/C24H20F3N3O3/c1-11-7-14(12(2)29-19-6-4-3-5-13(19)23(31)32)21-16(8-11)20-22(33-21)17(10-28-30-20)15-9-18(15)24(25,26)27/h3-8,10,12,15,18,29H,9H2,1-2H3,(H,31,32)/t12-,15-,18+/m1/s1. The van der Waals surface area contributed by atoms with Crippen LogP contribution in [0.2, 0.25) is 0 Å². The summed E-state index contributed by atoms with van der Waals surface area (Å²) in [6, 6.07) is 10.0. The second-order valence-corrected chi connectivity index (χ2v) is 8.52. The highest BCUT2D eigenvalue weighted by atomic mass is 19.4. The van der Waals surface area contributed by atoms with Gasteiger partial charge in [0.1, 0.15) is 11.1 Å². The lowest BCUT2D eigenvalue weighted by molar-refractivity contribution is -0.148. The summed E-state index contributed by atoms with van der Waals surface area (Å²) in [5.74, 6) is -3.13. The molecule has 4 aromatic rings. The Kier molecular flexibility index (Phi) is 4.81. The van der Waals surface area contributed by atoms with Gasteiger partial charge in [0.2, 0.25) is 0 Å². The number of carboxylic acid groups (broad SMARTS) is 1. The first-order valence-corrected chi connectivity index (χ1v) is 10.5. The molecule has 6 nitrogen and oxygen atoms in total. The number of carboxylic acids is 1. The number of furan rings is 1. The van der Waals surface area contributed by atoms with Gasteiger partial charge in [0.15, 0.2) is 5.58 Å². The molecule has 0 unspecified atom stereocenters. The summed E-state index contributed by atoms with van der Waals surface area (Å²) in [5, 5.41) is 21.5. The Hall–Kier alpha value is -3.62. The van der Waals surface area contributed by atoms with Crippen molar-refractivity contribution in [3.8, 4) is 0 Å². The number of benzene rings is 2. The lowest BCUT2D eigenvalue weighted by atomic mass is 10.0. The lowest BCUT2D eigenvalue weighted by Gasteiger charge is -2.18. The minimum Gasteiger partial charge on any atom is -0.478 e. The molecule has 5 rings (SSSR count). The van der Waals surface area contributed by atoms with Crippen LogP contribution in [0.15, 0.2) is 47.0 Å². The number of rotatable bonds is 5. The molecule has 0 aliphatic heterocycles. The Morgan fingerprint density at radius 3 is 2.70 bits per heavy atom. The number of fused-ring (bicyclic) bond motifs is 3. The lowest BCUT2D eigenvalue weighted by Crippen LogP contribution is -2.11. The van der Waals surface area contributed by atoms with Crippen LogP contribution in [-0.4, -0.2) is 27.4 Å². The number of aromatic carboxylic acids is 1. The molecule has 2 aromatic heterocycles. The molecule has 0 radical (unpaired) electrons. The Bertz CT molecular complexity index is 1400. The highest BCUT2D eigenvalue weighted by molar-refractivity contribution is 6.05. The van der Waals surface area contributed by atoms with E-state index in [0.717, 1.165) is 11.1 Å². The van der Waals surface area contributed by atoms with Crippen LogP contribution in [0.3, 0.4) is 0 Å². The Balaban J connectivity index is 1.60. The first-order chi connectivity index (χ1) is 15.6. The molecule has 2 heterocycles. The van der Waals surface area contributed by atoms with Crippen LogP contribution in [0.4, 0.5) is 18.9 Å². The van der Waals surface area contributed by atoms with Crippen molar-refractivity contribution in [2.45, 2.75) is 38.4 Å². The molecule has 3 atom stereocenters. The first kappa shape index (κ1) is 21.2. The van der Waals surface area contributed by atoms with Gasteiger partial charge in [0.25, 0.3) is 0 Å². The monoisotopic (exact) mass is 455 g/mol. The maximum absolute atomic E-state index is 13.2. The Labute approximate surface area is 186 Å². The SMILES string of the molecule is Cc1cc([C@@H](C)Nc2ccccc2C(=O)O)c2oc3c([C@H]4C[C@@H]4C(F)(F)F)cnnc3c2c1. The number of aromatic nitrogens is 2. The molecule has 1 fully saturated rings. The Morgan fingerprint density at radius 2 is 2.00 bits per heavy atom. The second kappa shape index (κ2) is 7.47. The fourth-order valence-corrected chi connectivity index (χ4v) is 4.46. The molecule has 2 N–H and O–H groups in total. The molecule has 0 spiro atoms. The summed E-state index contributed by atoms with van der Waals surface area (Å²) in [6.45, 7) is 3.77. The third-order valence-corrected chi connectivity index (χ3v) is 6.16. The van der Waals surface area contributed by atoms with Gasteiger partial charge in [-0.15, -0.1) is 5.10 Å². The van der Waals surface area contributed by atoms with E-state index >= 15 is 0 Å². The minimum atomic E-state index is -4.26. The Morgan fingerprint density at radius 1 is 1.24 bits per heavy atom. The number of hydrogen-bond acceptors (Lipinski definition) is 5. The topological polar surface area (TPSA) is 88.2 Å². The maximum Gasteiger partial charge on any atom is 0.392 e. The summed E-state index contributed by atoms with van der Waals surface area (Å²) in [5.41, 5.74) is 3.91. The predicted octanol–water partition coefficient (Wildman–Crippen LogP) is 6.22. The van der Waals surface area contributed by atoms with Crippen LogP contribution >= 0.6 is 0 Å². The van der Waals surface area contributed by atoms with E-state index in [1.54, 1.807) is 18.2 Å². The quantitative estimate of drug-likeness (QED) is 0.371. The molecule has 0 amide bonds. The van der Waals surface area contributed by atoms with Gasteiger partial charge < -0.3 is 14.8 Å². The zero-order chi connectivity index (χ0) is 23.5. The van der Waals surface area contributed by atoms with Gasteiger partial charge >= 0.3 is 12.1 Å². The van der Waals surface area contributed by atoms with Gasteiger partial charge in [-0.3, -0.25) is 0 Å². The highest BCUT2D eigenvalue weighted by Crippen LogP contribution is 2.57. The third kappa shape index (κ3) is 3.67. The van der Waals surface area contributed by atoms with Gasteiger partial charge in [-0.1, -0.05) is 18.2 Å². The van der Waals surface area contributed by atoms with Gasteiger partial charge in [-0.2, -0.15) is 18.3 Å². The molecular formula is C24H20F3N3O3. The van der Waals surface area contributed by atoms with Crippen molar-refractivity contribution in [1.29, 1.82) is 0 Å². The number of nitrogens with one attached hydrogen (secondary N) is 1. The van der Waals surface area contributed by atoms with Gasteiger partial charge in [-0.25, -0.2) is 4.79 Å². The zero-order valence-electron chi connectivity index (χ0n) is 17.8. The van der Waals surface area contributed by atoms with Crippen LogP contribution in [0.25, 0.3) is 22.1 Å². The largest absolute Gasteiger partial charge is 0.478 e. The number of halogens is 3. The van der Waals surface area contributed by atoms with E-state index in [1.807, 2.05) is 26.0 Å². The van der Waals surface area contributed by atoms with E-state index in [1.165, 1.54) is 12.3 Å². The van der Waals surface area contributed by atoms with Crippen molar-refractivity contribution in [1.82, 2.24) is 10.2 Å². The average molecular weight is 455 g/mol. The molecule has 1 aliphatic carbocycles. The highest BCUT2D eigenvalue weighted by Gasteiger charge is 2.57. The smallest absolute Gasteiger partial charge is 0.392 e. The van der Waals surface area contributed by atoms with E-state index < -0.39 is 24.0 Å². The fourth-order valence-electron chi connectivity index (χ4n) is 4.46. The first-order valence-electron chi connectivity index (χ1n) is 10.5. The van der Waals surface area contributed by atoms with Crippen molar-refractivity contribution in [2.75, 3.05) is 5.32 Å². The summed E-state index contributed by atoms with van der Waals surface area (Å²) < 4.78 is 45.7. The summed E-state index contributed by atoms with van der Waals surface area (Å²) in [6.07, 6.45) is -2.89. The summed E-state index contributed by atoms with van der Waals surface area (Å²) in [7, 11) is 0. The maximum atomic E-state index is 13.2. The van der Waals surface area contributed by atoms with E-state index in [9.17, 15) is 23.1 Å². The molecule has 2 aromatic carbocycles. The van der Waals surface area contributed by atoms with E-state index in [-0.39, 0.29) is 18.0 Å². The number of alkyl halides is 3. The number of para-hydroxylation sites is 1. The molecule has 0 bridgehead atoms. The minimum absolute atomic E-state index is 0.0111. The average Bonchev–Trinajstić information content (AvgIpc) is 3.49. The molecule has 9 heteroatoms. The number of anilines is 1. The van der Waals surface area contributed by atoms with Crippen molar-refractivity contribution < 1.29 is 27.5 Å². The fraction of sp³-hybridized carbons (Fsp3) is 0.292. The number of carbonyl (C=O) groups is 1. The van der Waals surface area contributed by atoms with Crippen molar-refractivity contribution in [3.63, 3.8) is 0 Å². The molecule has 1 aliphatic rings. The van der Waals surface area contributed by atoms with Crippen LogP contribution in [0, 0.1) is 12.8 Å². The molecule has 33 heavy (non-hydrogen) atoms. The normalized spacial score (nSPS) is 19.1. The number of hydrogen-bond donors (Lipinski definition) is 2. The second-order valence-electron chi connectivity index (χ2n) is 8.52. The van der Waals surface area contributed by atoms with E-state index in [0.29, 0.717) is 33.3 Å². The van der Waals surface area contributed by atoms with Gasteiger partial charge in [0.05, 0.1) is 23.7 Å². The van der Waals surface area contributed by atoms with Crippen molar-refractivity contribution in [3.05, 3.63) is 64.8 Å². The van der Waals surface area contributed by atoms with Crippen LogP contribution < -0.4 is 5.32 Å². The number of nitrogens with zero attached hydrogens (tertiary/aromatic N) is 2.